The van der Waals surface area contributed by atoms with Crippen LogP contribution in [0.2, 0.25) is 0 Å². The second-order valence-electron chi connectivity index (χ2n) is 9.42. The Labute approximate surface area is 218 Å². The Morgan fingerprint density at radius 2 is 1.97 bits per heavy atom. The Hall–Kier alpha value is -3.60. The summed E-state index contributed by atoms with van der Waals surface area (Å²) >= 11 is 1.62. The highest BCUT2D eigenvalue weighted by molar-refractivity contribution is 7.22. The minimum Gasteiger partial charge on any atom is -0.396 e. The molecule has 1 aliphatic rings. The smallest absolute Gasteiger partial charge is 0.199 e. The van der Waals surface area contributed by atoms with Crippen LogP contribution in [-0.4, -0.2) is 60.8 Å². The van der Waals surface area contributed by atoms with Gasteiger partial charge in [0.2, 0.25) is 0 Å². The lowest BCUT2D eigenvalue weighted by Crippen LogP contribution is -2.37. The van der Waals surface area contributed by atoms with Crippen molar-refractivity contribution in [1.82, 2.24) is 29.3 Å². The van der Waals surface area contributed by atoms with Crippen molar-refractivity contribution >= 4 is 27.4 Å². The van der Waals surface area contributed by atoms with Gasteiger partial charge in [0.25, 0.3) is 0 Å². The number of anilines is 1. The van der Waals surface area contributed by atoms with Gasteiger partial charge in [-0.15, -0.1) is 11.3 Å². The molecule has 10 heteroatoms. The van der Waals surface area contributed by atoms with Crippen LogP contribution in [0.4, 0.5) is 5.82 Å². The van der Waals surface area contributed by atoms with E-state index in [9.17, 15) is 5.11 Å². The average Bonchev–Trinajstić information content (AvgIpc) is 3.63. The molecule has 0 spiro atoms. The van der Waals surface area contributed by atoms with E-state index in [1.165, 1.54) is 0 Å². The molecule has 9 nitrogen and oxygen atoms in total. The Morgan fingerprint density at radius 1 is 1.14 bits per heavy atom. The Bertz CT molecular complexity index is 1520. The Kier molecular flexibility index (Phi) is 6.45. The van der Waals surface area contributed by atoms with Crippen LogP contribution >= 0.6 is 11.3 Å². The molecule has 4 aromatic heterocycles. The molecule has 0 amide bonds. The van der Waals surface area contributed by atoms with Crippen molar-refractivity contribution in [2.45, 2.75) is 25.4 Å². The molecule has 190 valence electrons. The van der Waals surface area contributed by atoms with Crippen molar-refractivity contribution < 1.29 is 9.84 Å². The van der Waals surface area contributed by atoms with Crippen molar-refractivity contribution in [3.63, 3.8) is 0 Å². The number of benzene rings is 1. The predicted molar refractivity (Wildman–Crippen MR) is 145 cm³/mol. The summed E-state index contributed by atoms with van der Waals surface area (Å²) in [4.78, 5) is 16.6. The van der Waals surface area contributed by atoms with E-state index in [2.05, 4.69) is 22.4 Å². The summed E-state index contributed by atoms with van der Waals surface area (Å²) in [5.74, 6) is 2.41. The molecule has 1 aromatic carbocycles. The maximum Gasteiger partial charge on any atom is 0.199 e. The predicted octanol–water partition coefficient (Wildman–Crippen LogP) is 4.45. The van der Waals surface area contributed by atoms with Crippen molar-refractivity contribution in [2.24, 2.45) is 13.0 Å². The maximum absolute atomic E-state index is 9.55. The van der Waals surface area contributed by atoms with Crippen molar-refractivity contribution in [2.75, 3.05) is 25.6 Å². The van der Waals surface area contributed by atoms with Gasteiger partial charge in [-0.25, -0.2) is 15.0 Å². The van der Waals surface area contributed by atoms with E-state index in [0.717, 1.165) is 50.6 Å². The quantitative estimate of drug-likeness (QED) is 0.299. The van der Waals surface area contributed by atoms with E-state index in [1.54, 1.807) is 24.6 Å². The molecule has 0 saturated heterocycles. The van der Waals surface area contributed by atoms with E-state index in [0.29, 0.717) is 30.7 Å². The number of aliphatic hydroxyl groups is 1. The highest BCUT2D eigenvalue weighted by Gasteiger charge is 2.31. The first-order chi connectivity index (χ1) is 18.1. The van der Waals surface area contributed by atoms with Crippen LogP contribution in [0.15, 0.2) is 55.0 Å². The number of hydrogen-bond donors (Lipinski definition) is 2. The number of aryl methyl sites for hydroxylation is 1. The highest BCUT2D eigenvalue weighted by Crippen LogP contribution is 2.47. The molecule has 1 saturated carbocycles. The third-order valence-electron chi connectivity index (χ3n) is 6.85. The summed E-state index contributed by atoms with van der Waals surface area (Å²) in [6.45, 7) is 1.45. The summed E-state index contributed by atoms with van der Waals surface area (Å²) in [6, 6.07) is 12.6. The number of ether oxygens (including phenoxy) is 1. The first kappa shape index (κ1) is 23.8. The van der Waals surface area contributed by atoms with Crippen LogP contribution in [-0.2, 0) is 18.3 Å². The second-order valence-corrected chi connectivity index (χ2v) is 10.4. The lowest BCUT2D eigenvalue weighted by atomic mass is 9.81. The fourth-order valence-electron chi connectivity index (χ4n) is 4.88. The zero-order chi connectivity index (χ0) is 25.4. The van der Waals surface area contributed by atoms with E-state index in [1.807, 2.05) is 53.0 Å². The van der Waals surface area contributed by atoms with Crippen LogP contribution in [0.25, 0.3) is 43.6 Å². The van der Waals surface area contributed by atoms with Gasteiger partial charge >= 0.3 is 0 Å². The zero-order valence-electron chi connectivity index (χ0n) is 20.8. The molecule has 0 aliphatic heterocycles. The largest absolute Gasteiger partial charge is 0.396 e. The number of imidazole rings is 1. The summed E-state index contributed by atoms with van der Waals surface area (Å²) < 4.78 is 9.12. The van der Waals surface area contributed by atoms with Gasteiger partial charge < -0.3 is 19.7 Å². The number of rotatable bonds is 9. The fourth-order valence-corrected chi connectivity index (χ4v) is 6.04. The third kappa shape index (κ3) is 4.52. The Morgan fingerprint density at radius 3 is 2.70 bits per heavy atom. The minimum absolute atomic E-state index is 0.219. The molecule has 0 atom stereocenters. The number of fused-ring (bicyclic) bond motifs is 1. The van der Waals surface area contributed by atoms with E-state index >= 15 is 0 Å². The number of nitrogens with zero attached hydrogens (tertiary/aromatic N) is 6. The second kappa shape index (κ2) is 10.0. The van der Waals surface area contributed by atoms with Gasteiger partial charge in [-0.3, -0.25) is 4.68 Å². The number of aromatic nitrogens is 6. The number of thiophene rings is 1. The van der Waals surface area contributed by atoms with Crippen LogP contribution < -0.4 is 5.32 Å². The third-order valence-corrected chi connectivity index (χ3v) is 7.95. The topological polar surface area (TPSA) is 103 Å². The molecular formula is C27H29N7O2S. The standard InChI is InChI=1S/C27H29N7O2S/c1-33-10-8-20(32-33)23-21(18-6-4-3-5-7-18)22-24(29-19-14-17(15-19)16-35)30-25(31-27(22)37-23)26-28-9-11-34(26)12-13-36-2/h3-11,17,19,35H,12-16H2,1-2H3,(H,29,30,31). The van der Waals surface area contributed by atoms with Gasteiger partial charge in [0.05, 0.1) is 16.9 Å². The van der Waals surface area contributed by atoms with E-state index < -0.39 is 0 Å². The number of nitrogens with one attached hydrogen (secondary N) is 1. The molecule has 1 fully saturated rings. The van der Waals surface area contributed by atoms with Crippen molar-refractivity contribution in [3.05, 3.63) is 55.0 Å². The van der Waals surface area contributed by atoms with E-state index in [4.69, 9.17) is 19.8 Å². The zero-order valence-corrected chi connectivity index (χ0v) is 21.6. The monoisotopic (exact) mass is 515 g/mol. The fraction of sp³-hybridized carbons (Fsp3) is 0.333. The normalized spacial score (nSPS) is 17.3. The summed E-state index contributed by atoms with van der Waals surface area (Å²) in [6.07, 6.45) is 7.48. The minimum atomic E-state index is 0.219. The first-order valence-corrected chi connectivity index (χ1v) is 13.2. The van der Waals surface area contributed by atoms with Crippen LogP contribution in [0.3, 0.4) is 0 Å². The van der Waals surface area contributed by atoms with Gasteiger partial charge in [-0.1, -0.05) is 30.3 Å². The summed E-state index contributed by atoms with van der Waals surface area (Å²) in [7, 11) is 3.62. The molecule has 1 aliphatic carbocycles. The number of hydrogen-bond acceptors (Lipinski definition) is 8. The van der Waals surface area contributed by atoms with Gasteiger partial charge in [0, 0.05) is 57.5 Å². The van der Waals surface area contributed by atoms with Crippen LogP contribution in [0, 0.1) is 5.92 Å². The number of methoxy groups -OCH3 is 1. The number of aliphatic hydroxyl groups excluding tert-OH is 1. The van der Waals surface area contributed by atoms with Gasteiger partial charge in [-0.2, -0.15) is 5.10 Å². The van der Waals surface area contributed by atoms with Crippen LogP contribution in [0.5, 0.6) is 0 Å². The van der Waals surface area contributed by atoms with Gasteiger partial charge in [0.1, 0.15) is 16.3 Å². The van der Waals surface area contributed by atoms with Gasteiger partial charge in [-0.05, 0) is 30.4 Å². The SMILES string of the molecule is COCCn1ccnc1-c1nc(NC2CC(CO)C2)c2c(-c3ccccc3)c(-c3ccn(C)n3)sc2n1. The molecule has 37 heavy (non-hydrogen) atoms. The molecule has 0 unspecified atom stereocenters. The lowest BCUT2D eigenvalue weighted by Gasteiger charge is -2.35. The molecule has 5 aromatic rings. The molecule has 2 N–H and O–H groups in total. The van der Waals surface area contributed by atoms with Gasteiger partial charge in [0.15, 0.2) is 11.6 Å². The average molecular weight is 516 g/mol. The van der Waals surface area contributed by atoms with Crippen LogP contribution in [0.1, 0.15) is 12.8 Å². The molecular weight excluding hydrogens is 486 g/mol. The lowest BCUT2D eigenvalue weighted by molar-refractivity contribution is 0.151. The maximum atomic E-state index is 9.55. The van der Waals surface area contributed by atoms with Crippen molar-refractivity contribution in [1.29, 1.82) is 0 Å². The molecule has 6 rings (SSSR count). The Balaban J connectivity index is 1.56. The van der Waals surface area contributed by atoms with E-state index in [-0.39, 0.29) is 12.6 Å². The van der Waals surface area contributed by atoms with Crippen molar-refractivity contribution in [3.8, 4) is 33.3 Å². The summed E-state index contributed by atoms with van der Waals surface area (Å²) in [5, 5.41) is 19.0. The summed E-state index contributed by atoms with van der Waals surface area (Å²) in [5.41, 5.74) is 3.08. The highest BCUT2D eigenvalue weighted by atomic mass is 32.1. The molecule has 4 heterocycles. The molecule has 0 radical (unpaired) electrons. The first-order valence-electron chi connectivity index (χ1n) is 12.4. The molecule has 0 bridgehead atoms.